The second-order valence-corrected chi connectivity index (χ2v) is 5.28. The quantitative estimate of drug-likeness (QED) is 0.534. The number of benzene rings is 3. The Morgan fingerprint density at radius 1 is 0.708 bits per heavy atom. The van der Waals surface area contributed by atoms with Crippen molar-refractivity contribution < 1.29 is 9.53 Å². The molecule has 24 heavy (non-hydrogen) atoms. The van der Waals surface area contributed by atoms with Gasteiger partial charge in [0, 0.05) is 16.7 Å². The molecule has 2 heteroatoms. The number of hydrogen-bond donors (Lipinski definition) is 0. The molecule has 0 unspecified atom stereocenters. The maximum absolute atomic E-state index is 12.1. The minimum atomic E-state index is -1.25. The second kappa shape index (κ2) is 7.30. The first-order chi connectivity index (χ1) is 11.8. The number of carbonyl (C=O) groups is 1. The smallest absolute Gasteiger partial charge is 0.225 e. The number of carbonyl (C=O) groups excluding carboxylic acids is 1. The molecule has 0 aromatic heterocycles. The Balaban J connectivity index is 2.03. The van der Waals surface area contributed by atoms with Crippen LogP contribution in [0.3, 0.4) is 0 Å². The van der Waals surface area contributed by atoms with E-state index in [1.807, 2.05) is 91.0 Å². The number of rotatable bonds is 4. The molecule has 3 rings (SSSR count). The highest BCUT2D eigenvalue weighted by atomic mass is 16.5. The van der Waals surface area contributed by atoms with E-state index < -0.39 is 5.60 Å². The first kappa shape index (κ1) is 15.6. The Morgan fingerprint density at radius 3 is 1.62 bits per heavy atom. The molecule has 0 aliphatic heterocycles. The van der Waals surface area contributed by atoms with Crippen LogP contribution in [0.1, 0.15) is 16.7 Å². The van der Waals surface area contributed by atoms with Crippen LogP contribution in [0, 0.1) is 12.0 Å². The van der Waals surface area contributed by atoms with Crippen LogP contribution < -0.4 is 0 Å². The van der Waals surface area contributed by atoms with Gasteiger partial charge in [0.1, 0.15) is 6.11 Å². The van der Waals surface area contributed by atoms with Crippen molar-refractivity contribution in [2.45, 2.75) is 5.60 Å². The summed E-state index contributed by atoms with van der Waals surface area (Å²) in [7, 11) is 0. The minimum absolute atomic E-state index is 0.744. The third-order valence-electron chi connectivity index (χ3n) is 3.75. The molecular weight excluding hydrogens is 296 g/mol. The molecule has 3 aromatic rings. The standard InChI is InChI=1S/C22H16O2/c23-18-22(20-12-6-2-7-13-20,21-14-8-3-9-15-21)24-17-16-19-10-4-1-5-11-19/h1-15,18H. The first-order valence-corrected chi connectivity index (χ1v) is 7.66. The molecule has 0 saturated carbocycles. The zero-order chi connectivity index (χ0) is 16.7. The lowest BCUT2D eigenvalue weighted by Gasteiger charge is -2.26. The van der Waals surface area contributed by atoms with Crippen molar-refractivity contribution >= 4 is 6.29 Å². The first-order valence-electron chi connectivity index (χ1n) is 7.66. The summed E-state index contributed by atoms with van der Waals surface area (Å²) < 4.78 is 5.83. The van der Waals surface area contributed by atoms with Gasteiger partial charge in [-0.05, 0) is 18.1 Å². The van der Waals surface area contributed by atoms with Gasteiger partial charge in [0.15, 0.2) is 6.29 Å². The van der Waals surface area contributed by atoms with Gasteiger partial charge in [-0.1, -0.05) is 78.9 Å². The average molecular weight is 312 g/mol. The molecule has 0 saturated heterocycles. The van der Waals surface area contributed by atoms with Gasteiger partial charge < -0.3 is 4.74 Å². The number of aldehydes is 1. The van der Waals surface area contributed by atoms with Gasteiger partial charge in [0.2, 0.25) is 5.60 Å². The summed E-state index contributed by atoms with van der Waals surface area (Å²) in [4.78, 5) is 12.1. The largest absolute Gasteiger partial charge is 0.422 e. The van der Waals surface area contributed by atoms with Crippen LogP contribution in [0.5, 0.6) is 0 Å². The summed E-state index contributed by atoms with van der Waals surface area (Å²) in [5, 5.41) is 0. The Labute approximate surface area is 141 Å². The monoisotopic (exact) mass is 312 g/mol. The second-order valence-electron chi connectivity index (χ2n) is 5.28. The van der Waals surface area contributed by atoms with Crippen molar-refractivity contribution in [3.63, 3.8) is 0 Å². The zero-order valence-corrected chi connectivity index (χ0v) is 13.1. The van der Waals surface area contributed by atoms with Crippen LogP contribution in [-0.4, -0.2) is 6.29 Å². The SMILES string of the molecule is O=CC(OC#Cc1ccccc1)(c1ccccc1)c1ccccc1. The summed E-state index contributed by atoms with van der Waals surface area (Å²) in [6, 6.07) is 28.3. The molecule has 0 heterocycles. The molecule has 2 nitrogen and oxygen atoms in total. The molecule has 0 fully saturated rings. The van der Waals surface area contributed by atoms with E-state index in [1.54, 1.807) is 0 Å². The molecule has 0 bridgehead atoms. The molecular formula is C22H16O2. The maximum Gasteiger partial charge on any atom is 0.225 e. The van der Waals surface area contributed by atoms with Crippen LogP contribution in [-0.2, 0) is 15.1 Å². The molecule has 0 aliphatic rings. The summed E-state index contributed by atoms with van der Waals surface area (Å²) in [5.41, 5.74) is 1.07. The van der Waals surface area contributed by atoms with Gasteiger partial charge in [-0.2, -0.15) is 0 Å². The van der Waals surface area contributed by atoms with E-state index in [2.05, 4.69) is 12.0 Å². The molecule has 3 aromatic carbocycles. The van der Waals surface area contributed by atoms with Gasteiger partial charge in [-0.25, -0.2) is 0 Å². The highest BCUT2D eigenvalue weighted by molar-refractivity contribution is 5.73. The third-order valence-corrected chi connectivity index (χ3v) is 3.75. The number of hydrogen-bond acceptors (Lipinski definition) is 2. The Hall–Kier alpha value is -3.31. The molecule has 0 N–H and O–H groups in total. The fraction of sp³-hybridized carbons (Fsp3) is 0.0455. The lowest BCUT2D eigenvalue weighted by atomic mass is 9.87. The van der Waals surface area contributed by atoms with Crippen molar-refractivity contribution in [2.75, 3.05) is 0 Å². The lowest BCUT2D eigenvalue weighted by molar-refractivity contribution is -0.120. The van der Waals surface area contributed by atoms with E-state index in [4.69, 9.17) is 4.74 Å². The molecule has 0 aliphatic carbocycles. The van der Waals surface area contributed by atoms with Crippen molar-refractivity contribution in [1.29, 1.82) is 0 Å². The van der Waals surface area contributed by atoms with Gasteiger partial charge >= 0.3 is 0 Å². The van der Waals surface area contributed by atoms with Crippen molar-refractivity contribution in [1.82, 2.24) is 0 Å². The Bertz CT molecular complexity index is 804. The predicted octanol–water partition coefficient (Wildman–Crippen LogP) is 4.15. The van der Waals surface area contributed by atoms with Crippen LogP contribution in [0.4, 0.5) is 0 Å². The predicted molar refractivity (Wildman–Crippen MR) is 94.1 cm³/mol. The van der Waals surface area contributed by atoms with Crippen LogP contribution in [0.2, 0.25) is 0 Å². The summed E-state index contributed by atoms with van der Waals surface area (Å²) in [5.74, 6) is 2.94. The van der Waals surface area contributed by atoms with Gasteiger partial charge in [-0.15, -0.1) is 0 Å². The van der Waals surface area contributed by atoms with E-state index in [-0.39, 0.29) is 0 Å². The lowest BCUT2D eigenvalue weighted by Crippen LogP contribution is -2.31. The molecule has 0 atom stereocenters. The summed E-state index contributed by atoms with van der Waals surface area (Å²) >= 11 is 0. The van der Waals surface area contributed by atoms with Crippen LogP contribution in [0.15, 0.2) is 91.0 Å². The zero-order valence-electron chi connectivity index (χ0n) is 13.1. The van der Waals surface area contributed by atoms with E-state index >= 15 is 0 Å². The van der Waals surface area contributed by atoms with E-state index in [0.717, 1.165) is 23.0 Å². The molecule has 0 radical (unpaired) electrons. The van der Waals surface area contributed by atoms with Crippen LogP contribution >= 0.6 is 0 Å². The summed E-state index contributed by atoms with van der Waals surface area (Å²) in [6.07, 6.45) is 3.51. The van der Waals surface area contributed by atoms with E-state index in [1.165, 1.54) is 0 Å². The summed E-state index contributed by atoms with van der Waals surface area (Å²) in [6.45, 7) is 0. The van der Waals surface area contributed by atoms with E-state index in [9.17, 15) is 4.79 Å². The van der Waals surface area contributed by atoms with Gasteiger partial charge in [-0.3, -0.25) is 4.79 Å². The van der Waals surface area contributed by atoms with Crippen LogP contribution in [0.25, 0.3) is 0 Å². The fourth-order valence-corrected chi connectivity index (χ4v) is 2.50. The topological polar surface area (TPSA) is 26.3 Å². The van der Waals surface area contributed by atoms with Gasteiger partial charge in [0.25, 0.3) is 0 Å². The molecule has 116 valence electrons. The Morgan fingerprint density at radius 2 is 1.17 bits per heavy atom. The Kier molecular flexibility index (Phi) is 4.74. The maximum atomic E-state index is 12.1. The normalized spacial score (nSPS) is 10.3. The molecule has 0 spiro atoms. The van der Waals surface area contributed by atoms with Crippen molar-refractivity contribution in [3.05, 3.63) is 108 Å². The number of ether oxygens (including phenoxy) is 1. The van der Waals surface area contributed by atoms with Crippen molar-refractivity contribution in [3.8, 4) is 12.0 Å². The average Bonchev–Trinajstić information content (AvgIpc) is 2.68. The third kappa shape index (κ3) is 3.21. The highest BCUT2D eigenvalue weighted by Gasteiger charge is 2.36. The minimum Gasteiger partial charge on any atom is -0.422 e. The highest BCUT2D eigenvalue weighted by Crippen LogP contribution is 2.31. The molecule has 0 amide bonds. The van der Waals surface area contributed by atoms with Crippen molar-refractivity contribution in [2.24, 2.45) is 0 Å². The van der Waals surface area contributed by atoms with Gasteiger partial charge in [0.05, 0.1) is 0 Å². The van der Waals surface area contributed by atoms with E-state index in [0.29, 0.717) is 0 Å². The fourth-order valence-electron chi connectivity index (χ4n) is 2.50.